The van der Waals surface area contributed by atoms with Gasteiger partial charge >= 0.3 is 0 Å². The molecule has 1 aliphatic heterocycles. The van der Waals surface area contributed by atoms with Gasteiger partial charge in [-0.3, -0.25) is 0 Å². The van der Waals surface area contributed by atoms with Crippen molar-refractivity contribution < 1.29 is 4.39 Å². The summed E-state index contributed by atoms with van der Waals surface area (Å²) in [6.07, 6.45) is 9.73. The van der Waals surface area contributed by atoms with Gasteiger partial charge in [0.05, 0.1) is 0 Å². The minimum atomic E-state index is -1.15. The smallest absolute Gasteiger partial charge is 0.130 e. The third-order valence-electron chi connectivity index (χ3n) is 3.19. The first-order chi connectivity index (χ1) is 7.13. The van der Waals surface area contributed by atoms with Crippen molar-refractivity contribution >= 4 is 15.9 Å². The lowest BCUT2D eigenvalue weighted by molar-refractivity contribution is 0.213. The molecule has 0 N–H and O–H groups in total. The predicted octanol–water partition coefficient (Wildman–Crippen LogP) is 3.54. The highest BCUT2D eigenvalue weighted by molar-refractivity contribution is 9.11. The number of hydrogen-bond acceptors (Lipinski definition) is 1. The quantitative estimate of drug-likeness (QED) is 0.695. The van der Waals surface area contributed by atoms with Crippen LogP contribution in [-0.4, -0.2) is 23.2 Å². The van der Waals surface area contributed by atoms with Crippen molar-refractivity contribution in [2.75, 3.05) is 6.54 Å². The van der Waals surface area contributed by atoms with Gasteiger partial charge in [0.25, 0.3) is 0 Å². The van der Waals surface area contributed by atoms with Crippen LogP contribution in [0.15, 0.2) is 35.5 Å². The fourth-order valence-electron chi connectivity index (χ4n) is 2.27. The van der Waals surface area contributed by atoms with Crippen LogP contribution in [0.1, 0.15) is 19.3 Å². The maximum atomic E-state index is 13.9. The molecule has 0 radical (unpaired) electrons. The molecule has 82 valence electrons. The molecular formula is C12H15BrFN. The molecule has 3 heteroatoms. The van der Waals surface area contributed by atoms with Gasteiger partial charge in [-0.2, -0.15) is 0 Å². The summed E-state index contributed by atoms with van der Waals surface area (Å²) in [5.74, 6) is 0. The summed E-state index contributed by atoms with van der Waals surface area (Å²) in [6.45, 7) is 4.46. The van der Waals surface area contributed by atoms with E-state index in [0.29, 0.717) is 18.9 Å². The van der Waals surface area contributed by atoms with Gasteiger partial charge in [0.15, 0.2) is 0 Å². The molecule has 2 aliphatic rings. The molecular weight excluding hydrogens is 257 g/mol. The molecule has 0 saturated heterocycles. The second-order valence-electron chi connectivity index (χ2n) is 4.25. The van der Waals surface area contributed by atoms with E-state index in [1.54, 1.807) is 0 Å². The first-order valence-corrected chi connectivity index (χ1v) is 6.04. The standard InChI is InChI=1S/C12H15BrFN/c1-2-12(14)6-5-11(8-12)15-7-3-4-10(13)9-15/h2-4,9,11H,1,5-8H2. The molecule has 2 atom stereocenters. The molecule has 1 fully saturated rings. The molecule has 0 spiro atoms. The Bertz CT molecular complexity index is 324. The van der Waals surface area contributed by atoms with Gasteiger partial charge in [0.2, 0.25) is 0 Å². The fourth-order valence-corrected chi connectivity index (χ4v) is 2.72. The van der Waals surface area contributed by atoms with Gasteiger partial charge < -0.3 is 4.90 Å². The minimum Gasteiger partial charge on any atom is -0.370 e. The second kappa shape index (κ2) is 4.12. The number of alkyl halides is 1. The van der Waals surface area contributed by atoms with E-state index in [2.05, 4.69) is 39.7 Å². The molecule has 0 amide bonds. The number of rotatable bonds is 2. The van der Waals surface area contributed by atoms with E-state index in [1.807, 2.05) is 6.08 Å². The normalized spacial score (nSPS) is 35.5. The molecule has 0 aromatic heterocycles. The summed E-state index contributed by atoms with van der Waals surface area (Å²) >= 11 is 3.44. The first kappa shape index (κ1) is 10.9. The third kappa shape index (κ3) is 2.33. The van der Waals surface area contributed by atoms with Crippen molar-refractivity contribution in [3.05, 3.63) is 35.5 Å². The minimum absolute atomic E-state index is 0.311. The van der Waals surface area contributed by atoms with E-state index in [9.17, 15) is 4.39 Å². The van der Waals surface area contributed by atoms with E-state index in [4.69, 9.17) is 0 Å². The van der Waals surface area contributed by atoms with E-state index >= 15 is 0 Å². The van der Waals surface area contributed by atoms with Crippen molar-refractivity contribution in [3.8, 4) is 0 Å². The van der Waals surface area contributed by atoms with Crippen molar-refractivity contribution in [1.82, 2.24) is 4.90 Å². The van der Waals surface area contributed by atoms with Crippen LogP contribution in [0.3, 0.4) is 0 Å². The number of nitrogens with zero attached hydrogens (tertiary/aromatic N) is 1. The van der Waals surface area contributed by atoms with Crippen LogP contribution in [0.4, 0.5) is 4.39 Å². The Kier molecular flexibility index (Phi) is 3.01. The monoisotopic (exact) mass is 271 g/mol. The molecule has 1 saturated carbocycles. The lowest BCUT2D eigenvalue weighted by atomic mass is 10.0. The number of hydrogen-bond donors (Lipinski definition) is 0. The summed E-state index contributed by atoms with van der Waals surface area (Å²) in [6, 6.07) is 0.311. The van der Waals surface area contributed by atoms with Gasteiger partial charge in [-0.25, -0.2) is 4.39 Å². The Morgan fingerprint density at radius 1 is 1.67 bits per heavy atom. The van der Waals surface area contributed by atoms with E-state index in [-0.39, 0.29) is 0 Å². The van der Waals surface area contributed by atoms with Gasteiger partial charge in [-0.1, -0.05) is 18.7 Å². The van der Waals surface area contributed by atoms with Crippen LogP contribution in [0.5, 0.6) is 0 Å². The zero-order chi connectivity index (χ0) is 10.9. The highest BCUT2D eigenvalue weighted by Crippen LogP contribution is 2.37. The molecule has 0 aromatic carbocycles. The second-order valence-corrected chi connectivity index (χ2v) is 5.16. The zero-order valence-corrected chi connectivity index (χ0v) is 10.2. The van der Waals surface area contributed by atoms with Crippen LogP contribution in [-0.2, 0) is 0 Å². The summed E-state index contributed by atoms with van der Waals surface area (Å²) < 4.78 is 15.0. The molecule has 0 aromatic rings. The van der Waals surface area contributed by atoms with Crippen molar-refractivity contribution in [2.24, 2.45) is 0 Å². The zero-order valence-electron chi connectivity index (χ0n) is 8.63. The summed E-state index contributed by atoms with van der Waals surface area (Å²) in [4.78, 5) is 2.20. The molecule has 1 heterocycles. The maximum Gasteiger partial charge on any atom is 0.130 e. The SMILES string of the molecule is C=CC1(F)CCC(N2C=C(Br)C=CC2)C1. The van der Waals surface area contributed by atoms with E-state index in [1.165, 1.54) is 6.08 Å². The van der Waals surface area contributed by atoms with Crippen LogP contribution in [0.2, 0.25) is 0 Å². The molecule has 1 nitrogen and oxygen atoms in total. The van der Waals surface area contributed by atoms with Crippen molar-refractivity contribution in [3.63, 3.8) is 0 Å². The predicted molar refractivity (Wildman–Crippen MR) is 64.5 cm³/mol. The molecule has 0 bridgehead atoms. The summed E-state index contributed by atoms with van der Waals surface area (Å²) in [7, 11) is 0. The molecule has 2 rings (SSSR count). The van der Waals surface area contributed by atoms with E-state index in [0.717, 1.165) is 17.4 Å². The fraction of sp³-hybridized carbons (Fsp3) is 0.500. The Morgan fingerprint density at radius 2 is 2.47 bits per heavy atom. The number of allylic oxidation sites excluding steroid dienone is 3. The van der Waals surface area contributed by atoms with Crippen molar-refractivity contribution in [1.29, 1.82) is 0 Å². The largest absolute Gasteiger partial charge is 0.370 e. The Hall–Kier alpha value is -0.570. The number of halogens is 2. The third-order valence-corrected chi connectivity index (χ3v) is 3.65. The van der Waals surface area contributed by atoms with Gasteiger partial charge in [-0.05, 0) is 34.8 Å². The van der Waals surface area contributed by atoms with Gasteiger partial charge in [0, 0.05) is 29.7 Å². The lowest BCUT2D eigenvalue weighted by Crippen LogP contribution is -2.31. The van der Waals surface area contributed by atoms with Crippen LogP contribution >= 0.6 is 15.9 Å². The Labute approximate surface area is 98.5 Å². The highest BCUT2D eigenvalue weighted by Gasteiger charge is 2.38. The Morgan fingerprint density at radius 3 is 3.07 bits per heavy atom. The van der Waals surface area contributed by atoms with Gasteiger partial charge in [-0.15, -0.1) is 0 Å². The molecule has 2 unspecified atom stereocenters. The Balaban J connectivity index is 2.03. The van der Waals surface area contributed by atoms with Gasteiger partial charge in [0.1, 0.15) is 5.67 Å². The first-order valence-electron chi connectivity index (χ1n) is 5.25. The summed E-state index contributed by atoms with van der Waals surface area (Å²) in [5, 5.41) is 0. The maximum absolute atomic E-state index is 13.9. The van der Waals surface area contributed by atoms with Crippen LogP contribution in [0, 0.1) is 0 Å². The topological polar surface area (TPSA) is 3.24 Å². The summed E-state index contributed by atoms with van der Waals surface area (Å²) in [5.41, 5.74) is -1.15. The molecule has 15 heavy (non-hydrogen) atoms. The van der Waals surface area contributed by atoms with Crippen LogP contribution < -0.4 is 0 Å². The lowest BCUT2D eigenvalue weighted by Gasteiger charge is -2.29. The highest BCUT2D eigenvalue weighted by atomic mass is 79.9. The molecule has 1 aliphatic carbocycles. The van der Waals surface area contributed by atoms with Crippen molar-refractivity contribution in [2.45, 2.75) is 31.0 Å². The average Bonchev–Trinajstić information content (AvgIpc) is 2.62. The average molecular weight is 272 g/mol. The van der Waals surface area contributed by atoms with E-state index < -0.39 is 5.67 Å². The van der Waals surface area contributed by atoms with Crippen LogP contribution in [0.25, 0.3) is 0 Å².